The maximum Gasteiger partial charge on any atom is 0.306 e. The lowest BCUT2D eigenvalue weighted by atomic mass is 10.0. The Balaban J connectivity index is 3.98. The van der Waals surface area contributed by atoms with Crippen LogP contribution in [0.15, 0.2) is 72.9 Å². The molecule has 0 radical (unpaired) electrons. The van der Waals surface area contributed by atoms with E-state index in [2.05, 4.69) is 93.7 Å². The topological polar surface area (TPSA) is 78.9 Å². The molecule has 0 N–H and O–H groups in total. The Morgan fingerprint density at radius 3 is 0.735 bits per heavy atom. The summed E-state index contributed by atoms with van der Waals surface area (Å²) >= 11 is 0. The van der Waals surface area contributed by atoms with Gasteiger partial charge in [-0.1, -0.05) is 363 Å². The van der Waals surface area contributed by atoms with Gasteiger partial charge >= 0.3 is 17.9 Å². The van der Waals surface area contributed by atoms with E-state index in [4.69, 9.17) is 14.2 Å². The second-order valence-electron chi connectivity index (χ2n) is 24.5. The molecule has 0 heterocycles. The first-order valence-electron chi connectivity index (χ1n) is 36.4. The maximum absolute atomic E-state index is 12.9. The number of allylic oxidation sites excluding steroid dienone is 12. The first-order valence-corrected chi connectivity index (χ1v) is 36.4. The number of carbonyl (C=O) groups excluding carboxylic acids is 3. The Hall–Kier alpha value is -3.15. The van der Waals surface area contributed by atoms with Crippen LogP contribution in [0.1, 0.15) is 380 Å². The molecular weight excluding hydrogens is 1020 g/mol. The van der Waals surface area contributed by atoms with Crippen LogP contribution in [0.3, 0.4) is 0 Å². The van der Waals surface area contributed by atoms with Crippen molar-refractivity contribution in [3.05, 3.63) is 72.9 Å². The average molecular weight is 1160 g/mol. The van der Waals surface area contributed by atoms with E-state index in [1.54, 1.807) is 0 Å². The second kappa shape index (κ2) is 71.3. The van der Waals surface area contributed by atoms with Gasteiger partial charge in [-0.15, -0.1) is 0 Å². The predicted molar refractivity (Wildman–Crippen MR) is 362 cm³/mol. The average Bonchev–Trinajstić information content (AvgIpc) is 3.49. The molecule has 0 rings (SSSR count). The van der Waals surface area contributed by atoms with Gasteiger partial charge in [0, 0.05) is 19.3 Å². The number of hydrogen-bond donors (Lipinski definition) is 0. The van der Waals surface area contributed by atoms with Crippen molar-refractivity contribution in [3.63, 3.8) is 0 Å². The summed E-state index contributed by atoms with van der Waals surface area (Å²) in [6.45, 7) is 6.53. The molecule has 6 nitrogen and oxygen atoms in total. The molecule has 83 heavy (non-hydrogen) atoms. The fraction of sp³-hybridized carbons (Fsp3) is 0.805. The van der Waals surface area contributed by atoms with Crippen molar-refractivity contribution in [1.29, 1.82) is 0 Å². The number of unbranched alkanes of at least 4 members (excludes halogenated alkanes) is 44. The summed E-state index contributed by atoms with van der Waals surface area (Å²) in [5.74, 6) is -0.857. The highest BCUT2D eigenvalue weighted by molar-refractivity contribution is 5.71. The Labute approximate surface area is 516 Å². The standard InChI is InChI=1S/C77H138O6/c1-4-7-10-13-16-18-20-22-24-26-28-30-32-34-36-37-38-39-40-41-42-44-45-47-49-51-53-55-57-59-61-64-67-70-76(79)82-73-74(72-81-75(78)69-66-63-15-12-9-6-3)83-77(80)71-68-65-62-60-58-56-54-52-50-48-46-43-35-33-31-29-27-25-23-21-19-17-14-11-8-5-2/h7,10,16,18,22,24,28,30,34,36,38-39,74H,4-6,8-9,11-15,17,19-21,23,25-27,29,31-33,35,37,40-73H2,1-3H3/b10-7-,18-16-,24-22-,30-28-,36-34-,39-38-. The van der Waals surface area contributed by atoms with E-state index in [1.807, 2.05) is 0 Å². The smallest absolute Gasteiger partial charge is 0.306 e. The molecule has 0 aliphatic rings. The van der Waals surface area contributed by atoms with Crippen molar-refractivity contribution in [1.82, 2.24) is 0 Å². The van der Waals surface area contributed by atoms with Gasteiger partial charge in [-0.2, -0.15) is 0 Å². The van der Waals surface area contributed by atoms with Crippen LogP contribution in [-0.4, -0.2) is 37.2 Å². The third-order valence-electron chi connectivity index (χ3n) is 16.2. The van der Waals surface area contributed by atoms with Crippen molar-refractivity contribution < 1.29 is 28.6 Å². The molecule has 0 aliphatic heterocycles. The molecule has 0 bridgehead atoms. The van der Waals surface area contributed by atoms with E-state index in [9.17, 15) is 14.4 Å². The van der Waals surface area contributed by atoms with Gasteiger partial charge in [0.25, 0.3) is 0 Å². The summed E-state index contributed by atoms with van der Waals surface area (Å²) in [7, 11) is 0. The molecule has 0 amide bonds. The van der Waals surface area contributed by atoms with Crippen LogP contribution < -0.4 is 0 Å². The molecule has 482 valence electrons. The molecule has 0 aromatic rings. The summed E-state index contributed by atoms with van der Waals surface area (Å²) < 4.78 is 16.9. The predicted octanol–water partition coefficient (Wildman–Crippen LogP) is 25.2. The number of rotatable bonds is 67. The minimum Gasteiger partial charge on any atom is -0.462 e. The van der Waals surface area contributed by atoms with E-state index >= 15 is 0 Å². The fourth-order valence-electron chi connectivity index (χ4n) is 10.8. The molecule has 6 heteroatoms. The summed E-state index contributed by atoms with van der Waals surface area (Å²) in [6, 6.07) is 0. The van der Waals surface area contributed by atoms with E-state index in [-0.39, 0.29) is 31.1 Å². The third kappa shape index (κ3) is 69.5. The van der Waals surface area contributed by atoms with Crippen molar-refractivity contribution in [3.8, 4) is 0 Å². The molecule has 0 aromatic heterocycles. The van der Waals surface area contributed by atoms with Gasteiger partial charge in [-0.3, -0.25) is 14.4 Å². The quantitative estimate of drug-likeness (QED) is 0.0261. The molecular formula is C77H138O6. The second-order valence-corrected chi connectivity index (χ2v) is 24.5. The Morgan fingerprint density at radius 1 is 0.253 bits per heavy atom. The molecule has 1 atom stereocenters. The van der Waals surface area contributed by atoms with Gasteiger partial charge in [0.05, 0.1) is 0 Å². The highest BCUT2D eigenvalue weighted by Gasteiger charge is 2.19. The highest BCUT2D eigenvalue weighted by atomic mass is 16.6. The molecule has 0 aromatic carbocycles. The number of hydrogen-bond acceptors (Lipinski definition) is 6. The van der Waals surface area contributed by atoms with Crippen molar-refractivity contribution in [2.45, 2.75) is 386 Å². The number of esters is 3. The van der Waals surface area contributed by atoms with Crippen LogP contribution in [0, 0.1) is 0 Å². The largest absolute Gasteiger partial charge is 0.462 e. The van der Waals surface area contributed by atoms with Crippen LogP contribution >= 0.6 is 0 Å². The molecule has 0 saturated heterocycles. The summed E-state index contributed by atoms with van der Waals surface area (Å²) in [5, 5.41) is 0. The normalized spacial score (nSPS) is 12.5. The van der Waals surface area contributed by atoms with Crippen molar-refractivity contribution in [2.24, 2.45) is 0 Å². The van der Waals surface area contributed by atoms with Crippen LogP contribution in [-0.2, 0) is 28.6 Å². The minimum atomic E-state index is -0.770. The third-order valence-corrected chi connectivity index (χ3v) is 16.2. The van der Waals surface area contributed by atoms with Gasteiger partial charge in [0.2, 0.25) is 0 Å². The van der Waals surface area contributed by atoms with Gasteiger partial charge in [0.15, 0.2) is 6.10 Å². The molecule has 0 spiro atoms. The minimum absolute atomic E-state index is 0.0699. The molecule has 1 unspecified atom stereocenters. The van der Waals surface area contributed by atoms with E-state index < -0.39 is 6.10 Å². The SMILES string of the molecule is CC/C=C\C/C=C\C/C=C\C/C=C\C/C=C\C/C=C\CCCCCCCCCCCCCCCCC(=O)OCC(COC(=O)CCCCCCCC)OC(=O)CCCCCCCCCCCCCCCCCCCCCCCCCCCC. The van der Waals surface area contributed by atoms with Crippen molar-refractivity contribution >= 4 is 17.9 Å². The van der Waals surface area contributed by atoms with Gasteiger partial charge in [0.1, 0.15) is 13.2 Å². The Bertz CT molecular complexity index is 1520. The zero-order valence-electron chi connectivity index (χ0n) is 55.5. The van der Waals surface area contributed by atoms with Gasteiger partial charge < -0.3 is 14.2 Å². The Morgan fingerprint density at radius 2 is 0.470 bits per heavy atom. The van der Waals surface area contributed by atoms with E-state index in [0.717, 1.165) is 96.3 Å². The van der Waals surface area contributed by atoms with Crippen molar-refractivity contribution in [2.75, 3.05) is 13.2 Å². The number of ether oxygens (including phenoxy) is 3. The highest BCUT2D eigenvalue weighted by Crippen LogP contribution is 2.19. The van der Waals surface area contributed by atoms with Crippen LogP contribution in [0.4, 0.5) is 0 Å². The summed E-state index contributed by atoms with van der Waals surface area (Å²) in [4.78, 5) is 38.1. The Kier molecular flexibility index (Phi) is 68.6. The monoisotopic (exact) mass is 1160 g/mol. The zero-order chi connectivity index (χ0) is 59.9. The van der Waals surface area contributed by atoms with E-state index in [1.165, 1.54) is 244 Å². The summed E-state index contributed by atoms with van der Waals surface area (Å²) in [6.07, 6.45) is 94.1. The molecule has 0 saturated carbocycles. The lowest BCUT2D eigenvalue weighted by Crippen LogP contribution is -2.30. The first-order chi connectivity index (χ1) is 41.0. The lowest BCUT2D eigenvalue weighted by Gasteiger charge is -2.18. The lowest BCUT2D eigenvalue weighted by molar-refractivity contribution is -0.167. The number of carbonyl (C=O) groups is 3. The van der Waals surface area contributed by atoms with Crippen LogP contribution in [0.25, 0.3) is 0 Å². The molecule has 0 aliphatic carbocycles. The summed E-state index contributed by atoms with van der Waals surface area (Å²) in [5.41, 5.74) is 0. The van der Waals surface area contributed by atoms with Crippen LogP contribution in [0.2, 0.25) is 0 Å². The van der Waals surface area contributed by atoms with Gasteiger partial charge in [-0.05, 0) is 70.6 Å². The maximum atomic E-state index is 12.9. The van der Waals surface area contributed by atoms with E-state index in [0.29, 0.717) is 19.3 Å². The zero-order valence-corrected chi connectivity index (χ0v) is 55.5. The molecule has 0 fully saturated rings. The van der Waals surface area contributed by atoms with Gasteiger partial charge in [-0.25, -0.2) is 0 Å². The van der Waals surface area contributed by atoms with Crippen LogP contribution in [0.5, 0.6) is 0 Å². The fourth-order valence-corrected chi connectivity index (χ4v) is 10.8. The first kappa shape index (κ1) is 79.8.